The summed E-state index contributed by atoms with van der Waals surface area (Å²) >= 11 is 0. The Hall–Kier alpha value is -1.51. The maximum Gasteiger partial charge on any atom is 0.270 e. The van der Waals surface area contributed by atoms with Gasteiger partial charge in [0.25, 0.3) is 5.69 Å². The summed E-state index contributed by atoms with van der Waals surface area (Å²) in [4.78, 5) is 17.0. The molecule has 1 heterocycles. The van der Waals surface area contributed by atoms with Gasteiger partial charge in [-0.05, 0) is 38.8 Å². The highest BCUT2D eigenvalue weighted by Crippen LogP contribution is 2.17. The largest absolute Gasteiger partial charge is 0.357 e. The van der Waals surface area contributed by atoms with Gasteiger partial charge in [-0.1, -0.05) is 13.0 Å². The number of nitro groups is 1. The number of benzene rings is 1. The minimum Gasteiger partial charge on any atom is -0.357 e. The summed E-state index contributed by atoms with van der Waals surface area (Å²) in [5, 5.41) is 17.5. The van der Waals surface area contributed by atoms with Crippen molar-refractivity contribution in [1.82, 2.24) is 20.3 Å². The fraction of sp³-hybridized carbons (Fsp3) is 0.632. The smallest absolute Gasteiger partial charge is 0.270 e. The molecule has 176 valence electrons. The maximum absolute atomic E-state index is 12.4. The molecule has 1 saturated heterocycles. The molecule has 0 unspecified atom stereocenters. The molecular weight excluding hydrogens is 535 g/mol. The van der Waals surface area contributed by atoms with Crippen LogP contribution in [-0.2, 0) is 10.0 Å². The molecule has 0 aromatic heterocycles. The number of sulfonamides is 1. The van der Waals surface area contributed by atoms with E-state index in [1.54, 1.807) is 0 Å². The molecule has 0 atom stereocenters. The van der Waals surface area contributed by atoms with Crippen LogP contribution < -0.4 is 15.4 Å². The quantitative estimate of drug-likeness (QED) is 0.0983. The third kappa shape index (κ3) is 9.25. The number of nitrogens with one attached hydrogen (secondary N) is 3. The first kappa shape index (κ1) is 27.5. The fourth-order valence-corrected chi connectivity index (χ4v) is 4.39. The number of hydrogen-bond acceptors (Lipinski definition) is 6. The Bertz CT molecular complexity index is 828. The zero-order valence-corrected chi connectivity index (χ0v) is 21.2. The van der Waals surface area contributed by atoms with E-state index in [4.69, 9.17) is 0 Å². The van der Waals surface area contributed by atoms with Gasteiger partial charge in [0.05, 0.1) is 16.4 Å². The summed E-state index contributed by atoms with van der Waals surface area (Å²) in [6, 6.07) is 5.32. The van der Waals surface area contributed by atoms with Crippen LogP contribution in [0.5, 0.6) is 0 Å². The summed E-state index contributed by atoms with van der Waals surface area (Å²) in [7, 11) is -3.84. The molecule has 1 fully saturated rings. The number of guanidine groups is 1. The average molecular weight is 568 g/mol. The number of non-ortho nitro benzene ring substituents is 1. The van der Waals surface area contributed by atoms with Crippen molar-refractivity contribution in [1.29, 1.82) is 0 Å². The van der Waals surface area contributed by atoms with Gasteiger partial charge in [0.15, 0.2) is 5.96 Å². The number of halogens is 1. The lowest BCUT2D eigenvalue weighted by Crippen LogP contribution is -2.49. The second-order valence-corrected chi connectivity index (χ2v) is 8.94. The molecule has 0 amide bonds. The number of rotatable bonds is 10. The first-order valence-corrected chi connectivity index (χ1v) is 11.8. The van der Waals surface area contributed by atoms with Crippen molar-refractivity contribution in [3.63, 3.8) is 0 Å². The molecule has 12 heteroatoms. The topological polar surface area (TPSA) is 129 Å². The van der Waals surface area contributed by atoms with Crippen molar-refractivity contribution in [2.24, 2.45) is 4.99 Å². The van der Waals surface area contributed by atoms with Gasteiger partial charge in [0.2, 0.25) is 10.0 Å². The molecule has 1 aliphatic rings. The van der Waals surface area contributed by atoms with Gasteiger partial charge in [0, 0.05) is 44.4 Å². The zero-order chi connectivity index (χ0) is 22.0. The highest BCUT2D eigenvalue weighted by atomic mass is 127. The summed E-state index contributed by atoms with van der Waals surface area (Å²) in [5.74, 6) is 0.668. The minimum atomic E-state index is -3.84. The van der Waals surface area contributed by atoms with Crippen LogP contribution in [0.1, 0.15) is 33.1 Å². The average Bonchev–Trinajstić information content (AvgIpc) is 2.73. The third-order valence-electron chi connectivity index (χ3n) is 4.83. The lowest BCUT2D eigenvalue weighted by atomic mass is 10.1. The van der Waals surface area contributed by atoms with Crippen LogP contribution in [0.3, 0.4) is 0 Å². The molecule has 0 spiro atoms. The molecule has 1 aromatic carbocycles. The highest BCUT2D eigenvalue weighted by Gasteiger charge is 2.20. The van der Waals surface area contributed by atoms with Crippen LogP contribution in [0, 0.1) is 10.1 Å². The van der Waals surface area contributed by atoms with E-state index in [2.05, 4.69) is 32.2 Å². The normalized spacial score (nSPS) is 15.9. The van der Waals surface area contributed by atoms with Crippen molar-refractivity contribution >= 4 is 45.6 Å². The minimum absolute atomic E-state index is 0. The van der Waals surface area contributed by atoms with Gasteiger partial charge in [-0.15, -0.1) is 24.0 Å². The van der Waals surface area contributed by atoms with E-state index in [0.29, 0.717) is 18.5 Å². The molecule has 1 aliphatic heterocycles. The van der Waals surface area contributed by atoms with Gasteiger partial charge < -0.3 is 15.5 Å². The van der Waals surface area contributed by atoms with Gasteiger partial charge in [-0.25, -0.2) is 13.1 Å². The summed E-state index contributed by atoms with van der Waals surface area (Å²) in [5.41, 5.74) is -0.264. The molecule has 0 saturated carbocycles. The Balaban J connectivity index is 0.00000480. The van der Waals surface area contributed by atoms with Crippen LogP contribution in [-0.4, -0.2) is 69.5 Å². The number of piperidine rings is 1. The Morgan fingerprint density at radius 3 is 2.61 bits per heavy atom. The van der Waals surface area contributed by atoms with Crippen molar-refractivity contribution in [3.05, 3.63) is 34.4 Å². The van der Waals surface area contributed by atoms with E-state index in [-0.39, 0.29) is 47.6 Å². The lowest BCUT2D eigenvalue weighted by molar-refractivity contribution is -0.385. The number of nitro benzene ring substituents is 1. The molecular formula is C19H33IN6O4S. The Morgan fingerprint density at radius 1 is 1.29 bits per heavy atom. The van der Waals surface area contributed by atoms with E-state index >= 15 is 0 Å². The predicted molar refractivity (Wildman–Crippen MR) is 133 cm³/mol. The monoisotopic (exact) mass is 568 g/mol. The predicted octanol–water partition coefficient (Wildman–Crippen LogP) is 1.92. The first-order chi connectivity index (χ1) is 14.4. The van der Waals surface area contributed by atoms with Gasteiger partial charge in [0.1, 0.15) is 0 Å². The standard InChI is InChI=1S/C19H32N6O4S.HI/c1-3-12-24-13-8-16(9-14-24)23-19(20-4-2)21-10-11-22-30(28,29)18-7-5-6-17(15-18)25(26)27;/h5-7,15-16,22H,3-4,8-14H2,1-2H3,(H2,20,21,23);1H. The zero-order valence-electron chi connectivity index (χ0n) is 18.0. The second-order valence-electron chi connectivity index (χ2n) is 7.17. The number of aliphatic imine (C=N–C) groups is 1. The van der Waals surface area contributed by atoms with Crippen molar-refractivity contribution in [2.75, 3.05) is 39.3 Å². The first-order valence-electron chi connectivity index (χ1n) is 10.4. The van der Waals surface area contributed by atoms with Gasteiger partial charge in [-0.2, -0.15) is 0 Å². The Labute approximate surface area is 201 Å². The van der Waals surface area contributed by atoms with Crippen molar-refractivity contribution < 1.29 is 13.3 Å². The SMILES string of the molecule is CCCN1CCC(NC(=NCCNS(=O)(=O)c2cccc([N+](=O)[O-])c2)NCC)CC1.I. The molecule has 0 bridgehead atoms. The van der Waals surface area contributed by atoms with E-state index in [9.17, 15) is 18.5 Å². The van der Waals surface area contributed by atoms with Crippen molar-refractivity contribution in [3.8, 4) is 0 Å². The lowest BCUT2D eigenvalue weighted by Gasteiger charge is -2.32. The second kappa shape index (κ2) is 13.8. The highest BCUT2D eigenvalue weighted by molar-refractivity contribution is 14.0. The van der Waals surface area contributed by atoms with Crippen LogP contribution in [0.2, 0.25) is 0 Å². The number of hydrogen-bond donors (Lipinski definition) is 3. The molecule has 3 N–H and O–H groups in total. The van der Waals surface area contributed by atoms with Gasteiger partial charge in [-0.3, -0.25) is 15.1 Å². The summed E-state index contributed by atoms with van der Waals surface area (Å²) < 4.78 is 27.2. The molecule has 0 aliphatic carbocycles. The van der Waals surface area contributed by atoms with Gasteiger partial charge >= 0.3 is 0 Å². The van der Waals surface area contributed by atoms with E-state index in [1.807, 2.05) is 6.92 Å². The number of likely N-dealkylation sites (tertiary alicyclic amines) is 1. The Morgan fingerprint density at radius 2 is 2.00 bits per heavy atom. The molecule has 2 rings (SSSR count). The summed E-state index contributed by atoms with van der Waals surface area (Å²) in [6.07, 6.45) is 3.25. The Kier molecular flexibility index (Phi) is 12.3. The van der Waals surface area contributed by atoms with Crippen LogP contribution >= 0.6 is 24.0 Å². The van der Waals surface area contributed by atoms with E-state index in [1.165, 1.54) is 18.2 Å². The van der Waals surface area contributed by atoms with E-state index in [0.717, 1.165) is 45.0 Å². The third-order valence-corrected chi connectivity index (χ3v) is 6.28. The van der Waals surface area contributed by atoms with Crippen LogP contribution in [0.25, 0.3) is 0 Å². The van der Waals surface area contributed by atoms with Crippen LogP contribution in [0.4, 0.5) is 5.69 Å². The van der Waals surface area contributed by atoms with Crippen LogP contribution in [0.15, 0.2) is 34.2 Å². The van der Waals surface area contributed by atoms with E-state index < -0.39 is 14.9 Å². The molecule has 31 heavy (non-hydrogen) atoms. The number of nitrogens with zero attached hydrogens (tertiary/aromatic N) is 3. The maximum atomic E-state index is 12.4. The van der Waals surface area contributed by atoms with Crippen molar-refractivity contribution in [2.45, 2.75) is 44.0 Å². The molecule has 10 nitrogen and oxygen atoms in total. The molecule has 0 radical (unpaired) electrons. The fourth-order valence-electron chi connectivity index (χ4n) is 3.33. The molecule has 1 aromatic rings. The summed E-state index contributed by atoms with van der Waals surface area (Å²) in [6.45, 7) is 8.47.